The summed E-state index contributed by atoms with van der Waals surface area (Å²) in [5, 5.41) is 0. The molecule has 22 heavy (non-hydrogen) atoms. The van der Waals surface area contributed by atoms with Crippen LogP contribution in [0.15, 0.2) is 72.9 Å². The van der Waals surface area contributed by atoms with Crippen LogP contribution in [-0.2, 0) is 13.0 Å². The second-order valence-corrected chi connectivity index (χ2v) is 5.15. The first-order chi connectivity index (χ1) is 10.9. The van der Waals surface area contributed by atoms with Gasteiger partial charge in [-0.05, 0) is 35.7 Å². The molecule has 0 aliphatic heterocycles. The molecule has 0 fully saturated rings. The first-order valence-corrected chi connectivity index (χ1v) is 7.58. The molecule has 2 nitrogen and oxygen atoms in total. The van der Waals surface area contributed by atoms with Gasteiger partial charge in [-0.2, -0.15) is 0 Å². The molecule has 0 bridgehead atoms. The standard InChI is InChI=1S/C20H19NO/c1-2-20-19(12-7-13-21-20)17-10-6-11-18(14-17)22-15-16-8-4-3-5-9-16/h3-14H,2,15H2,1H3. The molecule has 0 N–H and O–H groups in total. The number of benzene rings is 2. The van der Waals surface area contributed by atoms with Crippen LogP contribution in [-0.4, -0.2) is 4.98 Å². The highest BCUT2D eigenvalue weighted by Crippen LogP contribution is 2.26. The van der Waals surface area contributed by atoms with Crippen LogP contribution in [0.2, 0.25) is 0 Å². The Bertz CT molecular complexity index is 737. The second-order valence-electron chi connectivity index (χ2n) is 5.15. The summed E-state index contributed by atoms with van der Waals surface area (Å²) >= 11 is 0. The van der Waals surface area contributed by atoms with Crippen LogP contribution in [0.3, 0.4) is 0 Å². The van der Waals surface area contributed by atoms with Gasteiger partial charge in [0.15, 0.2) is 0 Å². The van der Waals surface area contributed by atoms with Gasteiger partial charge >= 0.3 is 0 Å². The third-order valence-electron chi connectivity index (χ3n) is 3.62. The van der Waals surface area contributed by atoms with Crippen LogP contribution in [0.25, 0.3) is 11.1 Å². The van der Waals surface area contributed by atoms with Gasteiger partial charge in [0.05, 0.1) is 0 Å². The molecule has 0 unspecified atom stereocenters. The number of ether oxygens (including phenoxy) is 1. The Balaban J connectivity index is 1.81. The van der Waals surface area contributed by atoms with Crippen molar-refractivity contribution in [1.29, 1.82) is 0 Å². The summed E-state index contributed by atoms with van der Waals surface area (Å²) < 4.78 is 5.91. The molecule has 0 aliphatic carbocycles. The average molecular weight is 289 g/mol. The zero-order chi connectivity index (χ0) is 15.2. The lowest BCUT2D eigenvalue weighted by Gasteiger charge is -2.10. The number of aromatic nitrogens is 1. The molecule has 1 heterocycles. The van der Waals surface area contributed by atoms with E-state index in [2.05, 4.69) is 42.2 Å². The van der Waals surface area contributed by atoms with Gasteiger partial charge in [0.25, 0.3) is 0 Å². The van der Waals surface area contributed by atoms with Crippen LogP contribution < -0.4 is 4.74 Å². The zero-order valence-electron chi connectivity index (χ0n) is 12.7. The van der Waals surface area contributed by atoms with Gasteiger partial charge in [0.1, 0.15) is 12.4 Å². The summed E-state index contributed by atoms with van der Waals surface area (Å²) in [5.41, 5.74) is 4.61. The van der Waals surface area contributed by atoms with Gasteiger partial charge in [0.2, 0.25) is 0 Å². The molecule has 2 aromatic carbocycles. The highest BCUT2D eigenvalue weighted by molar-refractivity contribution is 5.67. The summed E-state index contributed by atoms with van der Waals surface area (Å²) in [7, 11) is 0. The fourth-order valence-corrected chi connectivity index (χ4v) is 2.48. The number of hydrogen-bond acceptors (Lipinski definition) is 2. The minimum atomic E-state index is 0.581. The molecule has 0 aliphatic rings. The van der Waals surface area contributed by atoms with Crippen molar-refractivity contribution >= 4 is 0 Å². The Hall–Kier alpha value is -2.61. The van der Waals surface area contributed by atoms with Crippen molar-refractivity contribution in [2.75, 3.05) is 0 Å². The van der Waals surface area contributed by atoms with Crippen molar-refractivity contribution in [3.05, 3.63) is 84.2 Å². The highest BCUT2D eigenvalue weighted by Gasteiger charge is 2.05. The molecule has 3 aromatic rings. The van der Waals surface area contributed by atoms with Gasteiger partial charge < -0.3 is 4.74 Å². The van der Waals surface area contributed by atoms with Crippen LogP contribution in [0, 0.1) is 0 Å². The van der Waals surface area contributed by atoms with Gasteiger partial charge in [0, 0.05) is 17.5 Å². The lowest BCUT2D eigenvalue weighted by atomic mass is 10.0. The first kappa shape index (κ1) is 14.3. The van der Waals surface area contributed by atoms with Gasteiger partial charge in [-0.15, -0.1) is 0 Å². The van der Waals surface area contributed by atoms with Crippen LogP contribution in [0.1, 0.15) is 18.2 Å². The van der Waals surface area contributed by atoms with Crippen molar-refractivity contribution in [1.82, 2.24) is 4.98 Å². The molecule has 110 valence electrons. The molecule has 0 saturated carbocycles. The maximum Gasteiger partial charge on any atom is 0.120 e. The molecule has 2 heteroatoms. The molecular formula is C20H19NO. The number of rotatable bonds is 5. The van der Waals surface area contributed by atoms with E-state index in [4.69, 9.17) is 4.74 Å². The van der Waals surface area contributed by atoms with Crippen molar-refractivity contribution in [3.63, 3.8) is 0 Å². The van der Waals surface area contributed by atoms with Crippen LogP contribution >= 0.6 is 0 Å². The number of aryl methyl sites for hydroxylation is 1. The summed E-state index contributed by atoms with van der Waals surface area (Å²) in [4.78, 5) is 4.46. The van der Waals surface area contributed by atoms with Crippen LogP contribution in [0.5, 0.6) is 5.75 Å². The van der Waals surface area contributed by atoms with Crippen molar-refractivity contribution in [2.45, 2.75) is 20.0 Å². The van der Waals surface area contributed by atoms with E-state index in [0.717, 1.165) is 23.4 Å². The SMILES string of the molecule is CCc1ncccc1-c1cccc(OCc2ccccc2)c1. The number of nitrogens with zero attached hydrogens (tertiary/aromatic N) is 1. The fourth-order valence-electron chi connectivity index (χ4n) is 2.48. The van der Waals surface area contributed by atoms with E-state index >= 15 is 0 Å². The zero-order valence-corrected chi connectivity index (χ0v) is 12.7. The van der Waals surface area contributed by atoms with E-state index in [9.17, 15) is 0 Å². The summed E-state index contributed by atoms with van der Waals surface area (Å²) in [6.45, 7) is 2.71. The quantitative estimate of drug-likeness (QED) is 0.667. The first-order valence-electron chi connectivity index (χ1n) is 7.58. The van der Waals surface area contributed by atoms with Crippen molar-refractivity contribution in [3.8, 4) is 16.9 Å². The van der Waals surface area contributed by atoms with Gasteiger partial charge in [-0.25, -0.2) is 0 Å². The van der Waals surface area contributed by atoms with E-state index in [1.165, 1.54) is 11.1 Å². The lowest BCUT2D eigenvalue weighted by Crippen LogP contribution is -1.96. The molecule has 0 amide bonds. The van der Waals surface area contributed by atoms with E-state index in [1.807, 2.05) is 42.6 Å². The molecule has 0 radical (unpaired) electrons. The molecule has 1 aromatic heterocycles. The smallest absolute Gasteiger partial charge is 0.120 e. The molecular weight excluding hydrogens is 270 g/mol. The van der Waals surface area contributed by atoms with Gasteiger partial charge in [-0.3, -0.25) is 4.98 Å². The Kier molecular flexibility index (Phi) is 4.50. The maximum atomic E-state index is 5.91. The Morgan fingerprint density at radius 2 is 1.77 bits per heavy atom. The fraction of sp³-hybridized carbons (Fsp3) is 0.150. The summed E-state index contributed by atoms with van der Waals surface area (Å²) in [5.74, 6) is 0.882. The van der Waals surface area contributed by atoms with E-state index in [-0.39, 0.29) is 0 Å². The topological polar surface area (TPSA) is 22.1 Å². The van der Waals surface area contributed by atoms with Gasteiger partial charge in [-0.1, -0.05) is 55.5 Å². The van der Waals surface area contributed by atoms with E-state index in [1.54, 1.807) is 0 Å². The van der Waals surface area contributed by atoms with Crippen LogP contribution in [0.4, 0.5) is 0 Å². The normalized spacial score (nSPS) is 10.4. The largest absolute Gasteiger partial charge is 0.489 e. The predicted octanol–water partition coefficient (Wildman–Crippen LogP) is 4.89. The third kappa shape index (κ3) is 3.34. The van der Waals surface area contributed by atoms with Crippen molar-refractivity contribution in [2.24, 2.45) is 0 Å². The minimum absolute atomic E-state index is 0.581. The third-order valence-corrected chi connectivity index (χ3v) is 3.62. The summed E-state index contributed by atoms with van der Waals surface area (Å²) in [6.07, 6.45) is 2.77. The summed E-state index contributed by atoms with van der Waals surface area (Å²) in [6, 6.07) is 22.5. The minimum Gasteiger partial charge on any atom is -0.489 e. The van der Waals surface area contributed by atoms with E-state index < -0.39 is 0 Å². The lowest BCUT2D eigenvalue weighted by molar-refractivity contribution is 0.306. The number of hydrogen-bond donors (Lipinski definition) is 0. The molecule has 0 saturated heterocycles. The Morgan fingerprint density at radius 1 is 0.909 bits per heavy atom. The monoisotopic (exact) mass is 289 g/mol. The maximum absolute atomic E-state index is 5.91. The predicted molar refractivity (Wildman–Crippen MR) is 89.8 cm³/mol. The highest BCUT2D eigenvalue weighted by atomic mass is 16.5. The average Bonchev–Trinajstić information content (AvgIpc) is 2.61. The Labute approximate surface area is 131 Å². The number of pyridine rings is 1. The molecule has 0 atom stereocenters. The van der Waals surface area contributed by atoms with E-state index in [0.29, 0.717) is 6.61 Å². The Morgan fingerprint density at radius 3 is 2.59 bits per heavy atom. The molecule has 0 spiro atoms. The second kappa shape index (κ2) is 6.90. The van der Waals surface area contributed by atoms with Crippen molar-refractivity contribution < 1.29 is 4.74 Å². The molecule has 3 rings (SSSR count).